The molecule has 0 saturated carbocycles. The fourth-order valence-corrected chi connectivity index (χ4v) is 3.63. The largest absolute Gasteiger partial charge is 0.466 e. The van der Waals surface area contributed by atoms with Crippen LogP contribution in [0.4, 0.5) is 5.69 Å². The van der Waals surface area contributed by atoms with Crippen LogP contribution < -0.4 is 4.90 Å². The van der Waals surface area contributed by atoms with Gasteiger partial charge in [0.2, 0.25) is 0 Å². The molecule has 26 heavy (non-hydrogen) atoms. The molecule has 1 aliphatic rings. The number of aromatic nitrogens is 1. The average molecular weight is 348 g/mol. The van der Waals surface area contributed by atoms with Crippen LogP contribution in [0.25, 0.3) is 10.9 Å². The molecule has 3 aromatic rings. The Hall–Kier alpha value is -3.08. The van der Waals surface area contributed by atoms with Crippen molar-refractivity contribution in [1.29, 1.82) is 0 Å². The number of carbonyl (C=O) groups excluding carboxylic acids is 2. The summed E-state index contributed by atoms with van der Waals surface area (Å²) in [5, 5.41) is 0.991. The Kier molecular flexibility index (Phi) is 4.21. The Morgan fingerprint density at radius 3 is 2.73 bits per heavy atom. The molecule has 1 amide bonds. The van der Waals surface area contributed by atoms with Crippen LogP contribution >= 0.6 is 0 Å². The lowest BCUT2D eigenvalue weighted by Crippen LogP contribution is -2.39. The number of nitrogens with one attached hydrogen (secondary N) is 1. The van der Waals surface area contributed by atoms with Crippen LogP contribution in [0.3, 0.4) is 0 Å². The molecule has 0 radical (unpaired) electrons. The van der Waals surface area contributed by atoms with Crippen LogP contribution in [0.1, 0.15) is 29.4 Å². The molecule has 132 valence electrons. The highest BCUT2D eigenvalue weighted by atomic mass is 16.5. The molecular weight excluding hydrogens is 328 g/mol. The van der Waals surface area contributed by atoms with Crippen molar-refractivity contribution in [3.05, 3.63) is 65.9 Å². The first-order valence-electron chi connectivity index (χ1n) is 8.82. The number of aromatic amines is 1. The highest BCUT2D eigenvalue weighted by molar-refractivity contribution is 6.09. The Labute approximate surface area is 151 Å². The molecule has 1 aromatic heterocycles. The van der Waals surface area contributed by atoms with Crippen molar-refractivity contribution in [2.24, 2.45) is 0 Å². The SMILES string of the molecule is CCOC(=O)CC1Cc2ccccc2N1C(=O)c1cc2ccccc2[nH]1. The maximum Gasteiger partial charge on any atom is 0.307 e. The van der Waals surface area contributed by atoms with Gasteiger partial charge in [-0.3, -0.25) is 9.59 Å². The Morgan fingerprint density at radius 2 is 1.92 bits per heavy atom. The number of para-hydroxylation sites is 2. The average Bonchev–Trinajstić information content (AvgIpc) is 3.22. The Bertz CT molecular complexity index is 943. The van der Waals surface area contributed by atoms with Gasteiger partial charge in [0.15, 0.2) is 0 Å². The van der Waals surface area contributed by atoms with Gasteiger partial charge < -0.3 is 14.6 Å². The number of carbonyl (C=O) groups is 2. The highest BCUT2D eigenvalue weighted by Crippen LogP contribution is 2.35. The van der Waals surface area contributed by atoms with Crippen LogP contribution in [0, 0.1) is 0 Å². The van der Waals surface area contributed by atoms with Gasteiger partial charge in [0, 0.05) is 16.6 Å². The van der Waals surface area contributed by atoms with E-state index in [2.05, 4.69) is 4.98 Å². The number of amides is 1. The molecule has 0 bridgehead atoms. The van der Waals surface area contributed by atoms with Gasteiger partial charge in [-0.25, -0.2) is 0 Å². The minimum absolute atomic E-state index is 0.125. The monoisotopic (exact) mass is 348 g/mol. The second kappa shape index (κ2) is 6.67. The number of ether oxygens (including phenoxy) is 1. The summed E-state index contributed by atoms with van der Waals surface area (Å²) in [5.41, 5.74) is 3.39. The van der Waals surface area contributed by atoms with E-state index in [-0.39, 0.29) is 24.3 Å². The summed E-state index contributed by atoms with van der Waals surface area (Å²) in [6.45, 7) is 2.13. The molecule has 5 nitrogen and oxygen atoms in total. The molecule has 1 atom stereocenters. The maximum atomic E-state index is 13.3. The van der Waals surface area contributed by atoms with Crippen molar-refractivity contribution in [3.63, 3.8) is 0 Å². The fourth-order valence-electron chi connectivity index (χ4n) is 3.63. The number of benzene rings is 2. The number of hydrogen-bond donors (Lipinski definition) is 1. The zero-order valence-electron chi connectivity index (χ0n) is 14.6. The van der Waals surface area contributed by atoms with Gasteiger partial charge in [-0.15, -0.1) is 0 Å². The van der Waals surface area contributed by atoms with Crippen LogP contribution in [0.5, 0.6) is 0 Å². The molecule has 0 saturated heterocycles. The van der Waals surface area contributed by atoms with Gasteiger partial charge >= 0.3 is 5.97 Å². The van der Waals surface area contributed by atoms with Crippen molar-refractivity contribution in [2.45, 2.75) is 25.8 Å². The number of anilines is 1. The first-order valence-corrected chi connectivity index (χ1v) is 8.82. The number of fused-ring (bicyclic) bond motifs is 2. The normalized spacial score (nSPS) is 15.9. The summed E-state index contributed by atoms with van der Waals surface area (Å²) in [6.07, 6.45) is 0.843. The van der Waals surface area contributed by atoms with E-state index in [1.54, 1.807) is 11.8 Å². The lowest BCUT2D eigenvalue weighted by atomic mass is 10.1. The quantitative estimate of drug-likeness (QED) is 0.732. The molecule has 5 heteroatoms. The molecule has 2 heterocycles. The second-order valence-corrected chi connectivity index (χ2v) is 6.44. The zero-order valence-corrected chi connectivity index (χ0v) is 14.6. The fraction of sp³-hybridized carbons (Fsp3) is 0.238. The summed E-state index contributed by atoms with van der Waals surface area (Å²) in [5.74, 6) is -0.403. The van der Waals surface area contributed by atoms with E-state index in [4.69, 9.17) is 4.74 Å². The smallest absolute Gasteiger partial charge is 0.307 e. The summed E-state index contributed by atoms with van der Waals surface area (Å²) < 4.78 is 5.10. The van der Waals surface area contributed by atoms with Crippen LogP contribution in [-0.4, -0.2) is 29.5 Å². The molecule has 2 aromatic carbocycles. The first kappa shape index (κ1) is 16.4. The van der Waals surface area contributed by atoms with E-state index >= 15 is 0 Å². The third-order valence-corrected chi connectivity index (χ3v) is 4.76. The summed E-state index contributed by atoms with van der Waals surface area (Å²) in [6, 6.07) is 17.2. The summed E-state index contributed by atoms with van der Waals surface area (Å²) >= 11 is 0. The molecule has 1 N–H and O–H groups in total. The number of H-pyrrole nitrogens is 1. The van der Waals surface area contributed by atoms with Gasteiger partial charge in [0.05, 0.1) is 19.1 Å². The lowest BCUT2D eigenvalue weighted by molar-refractivity contribution is -0.143. The number of nitrogens with zero attached hydrogens (tertiary/aromatic N) is 1. The Morgan fingerprint density at radius 1 is 1.15 bits per heavy atom. The summed E-state index contributed by atoms with van der Waals surface area (Å²) in [4.78, 5) is 30.2. The molecule has 4 rings (SSSR count). The van der Waals surface area contributed by atoms with Crippen LogP contribution in [0.2, 0.25) is 0 Å². The molecule has 0 aliphatic carbocycles. The van der Waals surface area contributed by atoms with E-state index < -0.39 is 0 Å². The molecule has 0 fully saturated rings. The third-order valence-electron chi connectivity index (χ3n) is 4.76. The number of esters is 1. The predicted molar refractivity (Wildman–Crippen MR) is 100 cm³/mol. The number of rotatable bonds is 4. The van der Waals surface area contributed by atoms with Crippen LogP contribution in [-0.2, 0) is 16.0 Å². The van der Waals surface area contributed by atoms with Gasteiger partial charge in [-0.2, -0.15) is 0 Å². The maximum absolute atomic E-state index is 13.3. The molecular formula is C21H20N2O3. The lowest BCUT2D eigenvalue weighted by Gasteiger charge is -2.24. The first-order chi connectivity index (χ1) is 12.7. The van der Waals surface area contributed by atoms with E-state index in [0.717, 1.165) is 22.2 Å². The zero-order chi connectivity index (χ0) is 18.1. The van der Waals surface area contributed by atoms with E-state index in [9.17, 15) is 9.59 Å². The Balaban J connectivity index is 1.69. The van der Waals surface area contributed by atoms with Crippen LogP contribution in [0.15, 0.2) is 54.6 Å². The van der Waals surface area contributed by atoms with Crippen molar-refractivity contribution in [2.75, 3.05) is 11.5 Å². The standard InChI is InChI=1S/C21H20N2O3/c1-2-26-20(24)13-16-11-15-8-4-6-10-19(15)23(16)21(25)18-12-14-7-3-5-9-17(14)22-18/h3-10,12,16,22H,2,11,13H2,1H3. The van der Waals surface area contributed by atoms with Crippen molar-refractivity contribution in [3.8, 4) is 0 Å². The van der Waals surface area contributed by atoms with Crippen molar-refractivity contribution >= 4 is 28.5 Å². The van der Waals surface area contributed by atoms with Gasteiger partial charge in [-0.05, 0) is 37.1 Å². The predicted octanol–water partition coefficient (Wildman–Crippen LogP) is 3.69. The number of hydrogen-bond acceptors (Lipinski definition) is 3. The van der Waals surface area contributed by atoms with Crippen molar-refractivity contribution < 1.29 is 14.3 Å². The molecule has 1 unspecified atom stereocenters. The third kappa shape index (κ3) is 2.86. The van der Waals surface area contributed by atoms with E-state index in [1.807, 2.05) is 54.6 Å². The van der Waals surface area contributed by atoms with E-state index in [0.29, 0.717) is 18.7 Å². The van der Waals surface area contributed by atoms with Gasteiger partial charge in [0.25, 0.3) is 5.91 Å². The minimum atomic E-state index is -0.278. The topological polar surface area (TPSA) is 62.4 Å². The summed E-state index contributed by atoms with van der Waals surface area (Å²) in [7, 11) is 0. The minimum Gasteiger partial charge on any atom is -0.466 e. The molecule has 0 spiro atoms. The van der Waals surface area contributed by atoms with Gasteiger partial charge in [0.1, 0.15) is 5.69 Å². The van der Waals surface area contributed by atoms with E-state index in [1.165, 1.54) is 0 Å². The molecule has 1 aliphatic heterocycles. The van der Waals surface area contributed by atoms with Gasteiger partial charge in [-0.1, -0.05) is 36.4 Å². The van der Waals surface area contributed by atoms with Crippen molar-refractivity contribution in [1.82, 2.24) is 4.98 Å². The second-order valence-electron chi connectivity index (χ2n) is 6.44. The highest BCUT2D eigenvalue weighted by Gasteiger charge is 2.36.